The minimum absolute atomic E-state index is 0.0296. The van der Waals surface area contributed by atoms with Crippen LogP contribution in [0.3, 0.4) is 0 Å². The first-order chi connectivity index (χ1) is 15.9. The van der Waals surface area contributed by atoms with Crippen LogP contribution in [0.1, 0.15) is 49.1 Å². The van der Waals surface area contributed by atoms with Gasteiger partial charge in [0.1, 0.15) is 0 Å². The summed E-state index contributed by atoms with van der Waals surface area (Å²) in [4.78, 5) is 23.9. The van der Waals surface area contributed by atoms with E-state index in [1.807, 2.05) is 0 Å². The molecule has 7 heteroatoms. The molecule has 0 aliphatic heterocycles. The molecule has 1 aliphatic rings. The van der Waals surface area contributed by atoms with Crippen LogP contribution in [0.5, 0.6) is 0 Å². The van der Waals surface area contributed by atoms with E-state index in [1.165, 1.54) is 5.56 Å². The molecule has 0 spiro atoms. The number of carbonyl (C=O) groups is 2. The molecule has 33 heavy (non-hydrogen) atoms. The predicted molar refractivity (Wildman–Crippen MR) is 123 cm³/mol. The summed E-state index contributed by atoms with van der Waals surface area (Å²) in [5, 5.41) is 18.1. The van der Waals surface area contributed by atoms with Gasteiger partial charge in [-0.1, -0.05) is 37.4 Å². The smallest absolute Gasteiger partial charge is 0.335 e. The third kappa shape index (κ3) is 8.41. The molecule has 0 heterocycles. The van der Waals surface area contributed by atoms with E-state index in [9.17, 15) is 14.0 Å². The second-order valence-electron chi connectivity index (χ2n) is 8.63. The van der Waals surface area contributed by atoms with Crippen LogP contribution in [-0.4, -0.2) is 55.3 Å². The minimum atomic E-state index is -0.671. The van der Waals surface area contributed by atoms with Gasteiger partial charge in [-0.3, -0.25) is 4.39 Å². The molecule has 1 saturated carbocycles. The van der Waals surface area contributed by atoms with Crippen LogP contribution < -0.4 is 0 Å². The number of hydrogen-bond acceptors (Lipinski definition) is 6. The largest absolute Gasteiger partial charge is 0.462 e. The molecule has 1 aliphatic carbocycles. The number of alkyl halides is 1. The molecule has 0 bridgehead atoms. The zero-order valence-electron chi connectivity index (χ0n) is 19.1. The van der Waals surface area contributed by atoms with E-state index in [1.54, 1.807) is 0 Å². The van der Waals surface area contributed by atoms with Gasteiger partial charge in [0.15, 0.2) is 0 Å². The highest BCUT2D eigenvalue weighted by Gasteiger charge is 2.30. The average Bonchev–Trinajstić information content (AvgIpc) is 2.86. The zero-order chi connectivity index (χ0) is 24.2. The fraction of sp³-hybridized carbons (Fsp3) is 0.538. The normalized spacial score (nSPS) is 18.1. The molecule has 0 radical (unpaired) electrons. The maximum Gasteiger partial charge on any atom is 0.335 e. The highest BCUT2D eigenvalue weighted by Crippen LogP contribution is 2.39. The van der Waals surface area contributed by atoms with Gasteiger partial charge in [-0.05, 0) is 61.5 Å². The highest BCUT2D eigenvalue weighted by atomic mass is 19.1. The van der Waals surface area contributed by atoms with Crippen LogP contribution in [0, 0.1) is 11.8 Å². The van der Waals surface area contributed by atoms with Crippen molar-refractivity contribution in [2.75, 3.05) is 33.1 Å². The lowest BCUT2D eigenvalue weighted by atomic mass is 9.74. The summed E-state index contributed by atoms with van der Waals surface area (Å²) < 4.78 is 23.0. The number of halogens is 1. The van der Waals surface area contributed by atoms with Gasteiger partial charge in [-0.2, -0.15) is 0 Å². The topological polar surface area (TPSA) is 93.1 Å². The van der Waals surface area contributed by atoms with Gasteiger partial charge in [0.05, 0.1) is 44.2 Å². The lowest BCUT2D eigenvalue weighted by Gasteiger charge is -2.33. The lowest BCUT2D eigenvalue weighted by molar-refractivity contribution is -0.146. The molecule has 2 N–H and O–H groups in total. The van der Waals surface area contributed by atoms with Crippen molar-refractivity contribution in [1.82, 2.24) is 0 Å². The quantitative estimate of drug-likeness (QED) is 0.343. The van der Waals surface area contributed by atoms with Gasteiger partial charge in [-0.15, -0.1) is 0 Å². The Kier molecular flexibility index (Phi) is 11.3. The Morgan fingerprint density at radius 2 is 1.45 bits per heavy atom. The molecule has 1 fully saturated rings. The third-order valence-corrected chi connectivity index (χ3v) is 6.30. The van der Waals surface area contributed by atoms with Crippen molar-refractivity contribution in [2.45, 2.75) is 44.4 Å². The van der Waals surface area contributed by atoms with Gasteiger partial charge in [-0.25, -0.2) is 9.59 Å². The summed E-state index contributed by atoms with van der Waals surface area (Å²) in [7, 11) is 0. The second-order valence-corrected chi connectivity index (χ2v) is 8.63. The van der Waals surface area contributed by atoms with Gasteiger partial charge in [0.2, 0.25) is 0 Å². The number of esters is 2. The lowest BCUT2D eigenvalue weighted by Crippen LogP contribution is -2.31. The number of carbonyl (C=O) groups excluding carboxylic acids is 2. The summed E-state index contributed by atoms with van der Waals surface area (Å²) in [6, 6.07) is 8.39. The number of hydrogen-bond donors (Lipinski definition) is 2. The van der Waals surface area contributed by atoms with Crippen LogP contribution in [0.4, 0.5) is 4.39 Å². The third-order valence-electron chi connectivity index (χ3n) is 6.30. The minimum Gasteiger partial charge on any atom is -0.462 e. The summed E-state index contributed by atoms with van der Waals surface area (Å²) in [5.74, 6) is -0.939. The van der Waals surface area contributed by atoms with Crippen molar-refractivity contribution in [1.29, 1.82) is 0 Å². The zero-order valence-corrected chi connectivity index (χ0v) is 19.1. The number of ether oxygens (including phenoxy) is 2. The maximum absolute atomic E-state index is 12.4. The van der Waals surface area contributed by atoms with Crippen LogP contribution in [0.2, 0.25) is 0 Å². The molecule has 0 aromatic heterocycles. The Balaban J connectivity index is 1.96. The Morgan fingerprint density at radius 3 is 1.91 bits per heavy atom. The van der Waals surface area contributed by atoms with Crippen molar-refractivity contribution in [3.63, 3.8) is 0 Å². The van der Waals surface area contributed by atoms with E-state index in [0.29, 0.717) is 12.3 Å². The van der Waals surface area contributed by atoms with Gasteiger partial charge in [0, 0.05) is 5.92 Å². The van der Waals surface area contributed by atoms with E-state index < -0.39 is 25.2 Å². The van der Waals surface area contributed by atoms with Crippen molar-refractivity contribution < 1.29 is 33.7 Å². The fourth-order valence-corrected chi connectivity index (χ4v) is 4.17. The number of benzene rings is 1. The van der Waals surface area contributed by atoms with E-state index in [-0.39, 0.29) is 42.9 Å². The van der Waals surface area contributed by atoms with Crippen molar-refractivity contribution in [2.24, 2.45) is 11.8 Å². The molecule has 2 rings (SSSR count). The standard InChI is InChI=1S/C26H35FO6/c1-18(14-28)25(30)32-16-24(17-33-26(31)19(2)15-29)23-11-9-22(10-12-23)21-7-5-20(6-8-21)4-3-13-27/h5-8,22-24,28-29H,1-4,9-17H2. The number of rotatable bonds is 13. The van der Waals surface area contributed by atoms with Gasteiger partial charge in [0.25, 0.3) is 0 Å². The summed E-state index contributed by atoms with van der Waals surface area (Å²) >= 11 is 0. The van der Waals surface area contributed by atoms with Crippen molar-refractivity contribution in [3.8, 4) is 0 Å². The summed E-state index contributed by atoms with van der Waals surface area (Å²) in [5.41, 5.74) is 2.35. The van der Waals surface area contributed by atoms with Gasteiger partial charge >= 0.3 is 11.9 Å². The van der Waals surface area contributed by atoms with E-state index >= 15 is 0 Å². The molecule has 1 aromatic carbocycles. The SMILES string of the molecule is C=C(CO)C(=O)OCC(COC(=O)C(=C)CO)C1CCC(c2ccc(CCCF)cc2)CC1. The van der Waals surface area contributed by atoms with E-state index in [4.69, 9.17) is 19.7 Å². The predicted octanol–water partition coefficient (Wildman–Crippen LogP) is 3.66. The number of aliphatic hydroxyl groups excluding tert-OH is 2. The van der Waals surface area contributed by atoms with Crippen molar-refractivity contribution >= 4 is 11.9 Å². The molecule has 0 unspecified atom stereocenters. The maximum atomic E-state index is 12.4. The molecule has 182 valence electrons. The van der Waals surface area contributed by atoms with Crippen LogP contribution >= 0.6 is 0 Å². The Bertz CT molecular complexity index is 764. The Hall–Kier alpha value is -2.51. The van der Waals surface area contributed by atoms with Crippen LogP contribution in [-0.2, 0) is 25.5 Å². The van der Waals surface area contributed by atoms with E-state index in [2.05, 4.69) is 37.4 Å². The second kappa shape index (κ2) is 13.9. The highest BCUT2D eigenvalue weighted by molar-refractivity contribution is 5.88. The molecule has 0 atom stereocenters. The number of aliphatic hydroxyl groups is 2. The van der Waals surface area contributed by atoms with Crippen LogP contribution in [0.15, 0.2) is 48.6 Å². The molecular weight excluding hydrogens is 427 g/mol. The van der Waals surface area contributed by atoms with Gasteiger partial charge < -0.3 is 19.7 Å². The Labute approximate surface area is 195 Å². The first-order valence-electron chi connectivity index (χ1n) is 11.5. The average molecular weight is 463 g/mol. The number of aryl methyl sites for hydroxylation is 1. The molecular formula is C26H35FO6. The van der Waals surface area contributed by atoms with Crippen molar-refractivity contribution in [3.05, 3.63) is 59.7 Å². The Morgan fingerprint density at radius 1 is 0.939 bits per heavy atom. The summed E-state index contributed by atoms with van der Waals surface area (Å²) in [6.45, 7) is 5.78. The molecule has 0 saturated heterocycles. The molecule has 0 amide bonds. The monoisotopic (exact) mass is 462 g/mol. The summed E-state index contributed by atoms with van der Waals surface area (Å²) in [6.07, 6.45) is 4.97. The fourth-order valence-electron chi connectivity index (χ4n) is 4.17. The molecule has 6 nitrogen and oxygen atoms in total. The first kappa shape index (κ1) is 26.7. The van der Waals surface area contributed by atoms with Crippen LogP contribution in [0.25, 0.3) is 0 Å². The molecule has 1 aromatic rings. The van der Waals surface area contributed by atoms with E-state index in [0.717, 1.165) is 37.7 Å². The first-order valence-corrected chi connectivity index (χ1v) is 11.5.